The van der Waals surface area contributed by atoms with Crippen LogP contribution in [0.1, 0.15) is 18.9 Å². The molecule has 1 atom stereocenters. The van der Waals surface area contributed by atoms with Gasteiger partial charge in [-0.3, -0.25) is 0 Å². The first-order valence-electron chi connectivity index (χ1n) is 5.19. The van der Waals surface area contributed by atoms with E-state index in [4.69, 9.17) is 4.74 Å². The molecule has 0 fully saturated rings. The molecule has 0 aliphatic carbocycles. The number of hydrogen-bond donors (Lipinski definition) is 1. The van der Waals surface area contributed by atoms with Crippen molar-refractivity contribution in [3.63, 3.8) is 0 Å². The second kappa shape index (κ2) is 6.99. The lowest BCUT2D eigenvalue weighted by Gasteiger charge is -2.13. The Morgan fingerprint density at radius 3 is 2.60 bits per heavy atom. The molecule has 0 bridgehead atoms. The summed E-state index contributed by atoms with van der Waals surface area (Å²) in [4.78, 5) is 0. The van der Waals surface area contributed by atoms with Crippen molar-refractivity contribution in [2.75, 3.05) is 13.7 Å². The van der Waals surface area contributed by atoms with Crippen LogP contribution in [-0.4, -0.2) is 19.8 Å². The van der Waals surface area contributed by atoms with Gasteiger partial charge in [-0.2, -0.15) is 0 Å². The first-order valence-corrected chi connectivity index (χ1v) is 5.98. The molecule has 84 valence electrons. The van der Waals surface area contributed by atoms with Crippen LogP contribution in [0.2, 0.25) is 0 Å². The molecular weight excluding hydrogens is 254 g/mol. The topological polar surface area (TPSA) is 21.3 Å². The van der Waals surface area contributed by atoms with Gasteiger partial charge in [-0.15, -0.1) is 0 Å². The highest BCUT2D eigenvalue weighted by Crippen LogP contribution is 2.10. The third-order valence-electron chi connectivity index (χ3n) is 2.32. The molecule has 0 saturated carbocycles. The molecule has 1 unspecified atom stereocenters. The maximum atomic E-state index is 5.03. The molecule has 0 aliphatic heterocycles. The average Bonchev–Trinajstić information content (AvgIpc) is 2.25. The molecule has 0 spiro atoms. The number of halogens is 1. The SMILES string of the molecule is COCCC(C)NCc1ccc(Br)cc1. The van der Waals surface area contributed by atoms with Crippen molar-refractivity contribution in [1.29, 1.82) is 0 Å². The summed E-state index contributed by atoms with van der Waals surface area (Å²) >= 11 is 3.42. The van der Waals surface area contributed by atoms with Gasteiger partial charge in [0.25, 0.3) is 0 Å². The zero-order chi connectivity index (χ0) is 11.1. The van der Waals surface area contributed by atoms with Gasteiger partial charge in [0, 0.05) is 30.8 Å². The number of nitrogens with one attached hydrogen (secondary N) is 1. The van der Waals surface area contributed by atoms with Crippen LogP contribution >= 0.6 is 15.9 Å². The number of rotatable bonds is 6. The van der Waals surface area contributed by atoms with E-state index in [2.05, 4.69) is 52.4 Å². The average molecular weight is 272 g/mol. The van der Waals surface area contributed by atoms with E-state index in [1.807, 2.05) is 0 Å². The minimum absolute atomic E-state index is 0.494. The minimum Gasteiger partial charge on any atom is -0.385 e. The van der Waals surface area contributed by atoms with Crippen LogP contribution < -0.4 is 5.32 Å². The Labute approximate surface area is 100 Å². The van der Waals surface area contributed by atoms with Crippen molar-refractivity contribution in [3.05, 3.63) is 34.3 Å². The maximum Gasteiger partial charge on any atom is 0.0476 e. The van der Waals surface area contributed by atoms with E-state index in [1.54, 1.807) is 7.11 Å². The minimum atomic E-state index is 0.494. The van der Waals surface area contributed by atoms with Crippen molar-refractivity contribution >= 4 is 15.9 Å². The highest BCUT2D eigenvalue weighted by molar-refractivity contribution is 9.10. The summed E-state index contributed by atoms with van der Waals surface area (Å²) in [5.41, 5.74) is 1.31. The van der Waals surface area contributed by atoms with Crippen LogP contribution in [0.25, 0.3) is 0 Å². The van der Waals surface area contributed by atoms with Crippen molar-refractivity contribution in [3.8, 4) is 0 Å². The Hall–Kier alpha value is -0.380. The van der Waals surface area contributed by atoms with E-state index in [9.17, 15) is 0 Å². The Balaban J connectivity index is 2.27. The van der Waals surface area contributed by atoms with E-state index < -0.39 is 0 Å². The van der Waals surface area contributed by atoms with Gasteiger partial charge < -0.3 is 10.1 Å². The molecule has 0 heterocycles. The third kappa shape index (κ3) is 5.30. The Morgan fingerprint density at radius 1 is 1.33 bits per heavy atom. The summed E-state index contributed by atoms with van der Waals surface area (Å²) in [6, 6.07) is 8.88. The normalized spacial score (nSPS) is 12.7. The second-order valence-electron chi connectivity index (χ2n) is 3.69. The Morgan fingerprint density at radius 2 is 2.00 bits per heavy atom. The lowest BCUT2D eigenvalue weighted by Crippen LogP contribution is -2.26. The smallest absolute Gasteiger partial charge is 0.0476 e. The summed E-state index contributed by atoms with van der Waals surface area (Å²) in [6.07, 6.45) is 1.05. The summed E-state index contributed by atoms with van der Waals surface area (Å²) < 4.78 is 6.16. The number of ether oxygens (including phenoxy) is 1. The lowest BCUT2D eigenvalue weighted by molar-refractivity contribution is 0.184. The second-order valence-corrected chi connectivity index (χ2v) is 4.61. The monoisotopic (exact) mass is 271 g/mol. The van der Waals surface area contributed by atoms with Crippen LogP contribution in [0.5, 0.6) is 0 Å². The van der Waals surface area contributed by atoms with Gasteiger partial charge in [-0.25, -0.2) is 0 Å². The molecule has 2 nitrogen and oxygen atoms in total. The largest absolute Gasteiger partial charge is 0.385 e. The molecule has 1 rings (SSSR count). The quantitative estimate of drug-likeness (QED) is 0.859. The lowest BCUT2D eigenvalue weighted by atomic mass is 10.2. The van der Waals surface area contributed by atoms with E-state index >= 15 is 0 Å². The standard InChI is InChI=1S/C12H18BrNO/c1-10(7-8-15-2)14-9-11-3-5-12(13)6-4-11/h3-6,10,14H,7-9H2,1-2H3. The summed E-state index contributed by atoms with van der Waals surface area (Å²) in [7, 11) is 1.74. The van der Waals surface area contributed by atoms with E-state index in [1.165, 1.54) is 5.56 Å². The summed E-state index contributed by atoms with van der Waals surface area (Å²) in [6.45, 7) is 3.91. The van der Waals surface area contributed by atoms with E-state index in [0.717, 1.165) is 24.0 Å². The van der Waals surface area contributed by atoms with Gasteiger partial charge in [-0.05, 0) is 31.0 Å². The summed E-state index contributed by atoms with van der Waals surface area (Å²) in [5.74, 6) is 0. The van der Waals surface area contributed by atoms with Gasteiger partial charge in [0.15, 0.2) is 0 Å². The predicted molar refractivity (Wildman–Crippen MR) is 66.9 cm³/mol. The molecule has 15 heavy (non-hydrogen) atoms. The zero-order valence-corrected chi connectivity index (χ0v) is 10.9. The van der Waals surface area contributed by atoms with Crippen molar-refractivity contribution in [2.24, 2.45) is 0 Å². The predicted octanol–water partition coefficient (Wildman–Crippen LogP) is 2.96. The fourth-order valence-electron chi connectivity index (χ4n) is 1.29. The van der Waals surface area contributed by atoms with Crippen LogP contribution in [0.3, 0.4) is 0 Å². The van der Waals surface area contributed by atoms with Crippen molar-refractivity contribution in [1.82, 2.24) is 5.32 Å². The molecule has 0 aromatic heterocycles. The molecule has 0 amide bonds. The molecule has 0 aliphatic rings. The molecular formula is C12H18BrNO. The fourth-order valence-corrected chi connectivity index (χ4v) is 1.56. The first-order chi connectivity index (χ1) is 7.22. The van der Waals surface area contributed by atoms with E-state index in [-0.39, 0.29) is 0 Å². The van der Waals surface area contributed by atoms with Gasteiger partial charge >= 0.3 is 0 Å². The first kappa shape index (κ1) is 12.7. The maximum absolute atomic E-state index is 5.03. The zero-order valence-electron chi connectivity index (χ0n) is 9.29. The molecule has 0 saturated heterocycles. The fraction of sp³-hybridized carbons (Fsp3) is 0.500. The van der Waals surface area contributed by atoms with Gasteiger partial charge in [0.1, 0.15) is 0 Å². The van der Waals surface area contributed by atoms with Crippen molar-refractivity contribution in [2.45, 2.75) is 25.9 Å². The van der Waals surface area contributed by atoms with Crippen LogP contribution in [0.4, 0.5) is 0 Å². The van der Waals surface area contributed by atoms with Gasteiger partial charge in [-0.1, -0.05) is 28.1 Å². The van der Waals surface area contributed by atoms with Gasteiger partial charge in [0.2, 0.25) is 0 Å². The number of benzene rings is 1. The van der Waals surface area contributed by atoms with Crippen molar-refractivity contribution < 1.29 is 4.74 Å². The van der Waals surface area contributed by atoms with Crippen LogP contribution in [0, 0.1) is 0 Å². The highest BCUT2D eigenvalue weighted by atomic mass is 79.9. The molecule has 0 radical (unpaired) electrons. The van der Waals surface area contributed by atoms with Crippen LogP contribution in [-0.2, 0) is 11.3 Å². The molecule has 3 heteroatoms. The molecule has 1 N–H and O–H groups in total. The highest BCUT2D eigenvalue weighted by Gasteiger charge is 2.00. The van der Waals surface area contributed by atoms with Crippen LogP contribution in [0.15, 0.2) is 28.7 Å². The molecule has 1 aromatic rings. The Kier molecular flexibility index (Phi) is 5.91. The summed E-state index contributed by atoms with van der Waals surface area (Å²) in [5, 5.41) is 3.46. The molecule has 1 aromatic carbocycles. The van der Waals surface area contributed by atoms with Gasteiger partial charge in [0.05, 0.1) is 0 Å². The number of hydrogen-bond acceptors (Lipinski definition) is 2. The number of methoxy groups -OCH3 is 1. The van der Waals surface area contributed by atoms with E-state index in [0.29, 0.717) is 6.04 Å². The third-order valence-corrected chi connectivity index (χ3v) is 2.85. The Bertz CT molecular complexity index is 273.